The predicted molar refractivity (Wildman–Crippen MR) is 134 cm³/mol. The zero-order valence-corrected chi connectivity index (χ0v) is 19.6. The number of hydrogen-bond acceptors (Lipinski definition) is 5. The van der Waals surface area contributed by atoms with Crippen LogP contribution in [0.2, 0.25) is 5.22 Å². The maximum Gasteiger partial charge on any atom is 0.194 e. The molecule has 2 aromatic heterocycles. The number of furan rings is 1. The van der Waals surface area contributed by atoms with E-state index in [2.05, 4.69) is 36.5 Å². The Hall–Kier alpha value is -2.73. The van der Waals surface area contributed by atoms with Crippen molar-refractivity contribution < 1.29 is 9.52 Å². The summed E-state index contributed by atoms with van der Waals surface area (Å²) in [5.74, 6) is 1.21. The Morgan fingerprint density at radius 2 is 1.78 bits per heavy atom. The molecule has 4 nitrogen and oxygen atoms in total. The first-order valence-electron chi connectivity index (χ1n) is 10.5. The van der Waals surface area contributed by atoms with Crippen LogP contribution in [0.4, 0.5) is 0 Å². The molecule has 32 heavy (non-hydrogen) atoms. The summed E-state index contributed by atoms with van der Waals surface area (Å²) in [5.41, 5.74) is 6.23. The number of phenols is 1. The van der Waals surface area contributed by atoms with Crippen molar-refractivity contribution >= 4 is 45.5 Å². The maximum absolute atomic E-state index is 9.82. The van der Waals surface area contributed by atoms with Crippen molar-refractivity contribution in [1.82, 2.24) is 10.3 Å². The number of aromatic hydroxyl groups is 1. The van der Waals surface area contributed by atoms with E-state index in [1.165, 1.54) is 5.57 Å². The Balaban J connectivity index is 1.83. The molecule has 2 N–H and O–H groups in total. The quantitative estimate of drug-likeness (QED) is 0.169. The van der Waals surface area contributed by atoms with Gasteiger partial charge in [-0.15, -0.1) is 11.8 Å². The number of fused-ring (bicyclic) bond motifs is 1. The summed E-state index contributed by atoms with van der Waals surface area (Å²) in [4.78, 5) is 4.70. The van der Waals surface area contributed by atoms with Gasteiger partial charge in [0, 0.05) is 35.5 Å². The van der Waals surface area contributed by atoms with Crippen LogP contribution in [0.25, 0.3) is 22.1 Å². The Bertz CT molecular complexity index is 1230. The summed E-state index contributed by atoms with van der Waals surface area (Å²) < 4.78 is 5.54. The van der Waals surface area contributed by atoms with Gasteiger partial charge in [-0.25, -0.2) is 4.98 Å². The summed E-state index contributed by atoms with van der Waals surface area (Å²) >= 11 is 7.79. The third-order valence-corrected chi connectivity index (χ3v) is 6.40. The van der Waals surface area contributed by atoms with Crippen molar-refractivity contribution in [1.29, 1.82) is 0 Å². The first-order chi connectivity index (χ1) is 15.6. The molecule has 4 aromatic rings. The van der Waals surface area contributed by atoms with Gasteiger partial charge in [-0.05, 0) is 77.7 Å². The van der Waals surface area contributed by atoms with Crippen LogP contribution in [0.1, 0.15) is 30.0 Å². The molecule has 0 unspecified atom stereocenters. The van der Waals surface area contributed by atoms with Gasteiger partial charge in [0.2, 0.25) is 0 Å². The van der Waals surface area contributed by atoms with Gasteiger partial charge in [-0.2, -0.15) is 0 Å². The lowest BCUT2D eigenvalue weighted by Gasteiger charge is -2.16. The van der Waals surface area contributed by atoms with Crippen molar-refractivity contribution in [3.63, 3.8) is 0 Å². The maximum atomic E-state index is 9.82. The van der Waals surface area contributed by atoms with Gasteiger partial charge in [-0.1, -0.05) is 31.2 Å². The smallest absolute Gasteiger partial charge is 0.194 e. The molecule has 0 aliphatic heterocycles. The molecule has 0 bridgehead atoms. The number of halogens is 1. The highest BCUT2D eigenvalue weighted by molar-refractivity contribution is 7.99. The molecule has 0 atom stereocenters. The van der Waals surface area contributed by atoms with Gasteiger partial charge in [0.25, 0.3) is 0 Å². The highest BCUT2D eigenvalue weighted by Crippen LogP contribution is 2.36. The van der Waals surface area contributed by atoms with Crippen molar-refractivity contribution in [2.24, 2.45) is 0 Å². The number of benzene rings is 2. The normalized spacial score (nSPS) is 12.2. The molecule has 6 heteroatoms. The number of nitrogens with zero attached hydrogens (tertiary/aromatic N) is 1. The lowest BCUT2D eigenvalue weighted by Crippen LogP contribution is -2.09. The second-order valence-electron chi connectivity index (χ2n) is 7.39. The van der Waals surface area contributed by atoms with E-state index in [1.54, 1.807) is 23.9 Å². The van der Waals surface area contributed by atoms with E-state index in [0.717, 1.165) is 57.0 Å². The monoisotopic (exact) mass is 464 g/mol. The van der Waals surface area contributed by atoms with Crippen LogP contribution in [0.3, 0.4) is 0 Å². The van der Waals surface area contributed by atoms with Gasteiger partial charge < -0.3 is 14.8 Å². The lowest BCUT2D eigenvalue weighted by atomic mass is 9.88. The molecule has 0 aliphatic carbocycles. The zero-order chi connectivity index (χ0) is 22.5. The molecule has 0 saturated carbocycles. The van der Waals surface area contributed by atoms with Crippen LogP contribution in [0.5, 0.6) is 5.75 Å². The average Bonchev–Trinajstić information content (AvgIpc) is 3.18. The van der Waals surface area contributed by atoms with E-state index in [9.17, 15) is 5.11 Å². The first-order valence-corrected chi connectivity index (χ1v) is 11.9. The van der Waals surface area contributed by atoms with Crippen molar-refractivity contribution in [3.05, 3.63) is 88.8 Å². The SMILES string of the molecule is CCC(=C(c1ccc(O)cc1)c1ccc(SCCNC)nc1)c1ccc2oc(Cl)cc2c1. The summed E-state index contributed by atoms with van der Waals surface area (Å²) in [7, 11) is 1.95. The number of allylic oxidation sites excluding steroid dienone is 1. The van der Waals surface area contributed by atoms with Gasteiger partial charge in [0.05, 0.1) is 5.03 Å². The number of pyridine rings is 1. The third kappa shape index (κ3) is 5.01. The molecule has 4 rings (SSSR count). The Morgan fingerprint density at radius 1 is 1.03 bits per heavy atom. The van der Waals surface area contributed by atoms with E-state index < -0.39 is 0 Å². The summed E-state index contributed by atoms with van der Waals surface area (Å²) in [5, 5.41) is 15.3. The summed E-state index contributed by atoms with van der Waals surface area (Å²) in [6.45, 7) is 3.09. The van der Waals surface area contributed by atoms with Crippen molar-refractivity contribution in [2.45, 2.75) is 18.4 Å². The molecular formula is C26H25ClN2O2S. The average molecular weight is 465 g/mol. The summed E-state index contributed by atoms with van der Waals surface area (Å²) in [6, 6.07) is 19.5. The number of aromatic nitrogens is 1. The Labute approximate surface area is 197 Å². The Kier molecular flexibility index (Phi) is 7.20. The molecule has 0 aliphatic rings. The number of hydrogen-bond donors (Lipinski definition) is 2. The van der Waals surface area contributed by atoms with Crippen LogP contribution in [0.15, 0.2) is 76.3 Å². The second-order valence-corrected chi connectivity index (χ2v) is 8.88. The van der Waals surface area contributed by atoms with Crippen molar-refractivity contribution in [2.75, 3.05) is 19.3 Å². The minimum Gasteiger partial charge on any atom is -0.508 e. The number of nitrogens with one attached hydrogen (secondary N) is 1. The number of thioether (sulfide) groups is 1. The molecule has 0 amide bonds. The van der Waals surface area contributed by atoms with E-state index in [1.807, 2.05) is 37.5 Å². The molecule has 0 saturated heterocycles. The Morgan fingerprint density at radius 3 is 2.47 bits per heavy atom. The topological polar surface area (TPSA) is 58.3 Å². The molecule has 2 aromatic carbocycles. The fraction of sp³-hybridized carbons (Fsp3) is 0.192. The van der Waals surface area contributed by atoms with Crippen LogP contribution >= 0.6 is 23.4 Å². The van der Waals surface area contributed by atoms with E-state index in [-0.39, 0.29) is 5.75 Å². The highest BCUT2D eigenvalue weighted by atomic mass is 35.5. The number of rotatable bonds is 8. The summed E-state index contributed by atoms with van der Waals surface area (Å²) in [6.07, 6.45) is 2.76. The van der Waals surface area contributed by atoms with E-state index >= 15 is 0 Å². The molecular weight excluding hydrogens is 440 g/mol. The van der Waals surface area contributed by atoms with Crippen LogP contribution < -0.4 is 5.32 Å². The zero-order valence-electron chi connectivity index (χ0n) is 18.1. The fourth-order valence-corrected chi connectivity index (χ4v) is 4.75. The van der Waals surface area contributed by atoms with E-state index in [0.29, 0.717) is 5.22 Å². The molecule has 0 radical (unpaired) electrons. The standard InChI is InChI=1S/C26H25ClN2O2S/c1-3-22(18-6-10-23-20(14-18)15-24(27)31-23)26(17-4-8-21(30)9-5-17)19-7-11-25(29-16-19)32-13-12-28-2/h4-11,14-16,28,30H,3,12-13H2,1-2H3. The minimum atomic E-state index is 0.245. The van der Waals surface area contributed by atoms with Gasteiger partial charge in [0.15, 0.2) is 5.22 Å². The fourth-order valence-electron chi connectivity index (χ4n) is 3.74. The van der Waals surface area contributed by atoms with Crippen LogP contribution in [-0.4, -0.2) is 29.4 Å². The van der Waals surface area contributed by atoms with Gasteiger partial charge >= 0.3 is 0 Å². The molecule has 0 fully saturated rings. The van der Waals surface area contributed by atoms with Crippen molar-refractivity contribution in [3.8, 4) is 5.75 Å². The highest BCUT2D eigenvalue weighted by Gasteiger charge is 2.15. The van der Waals surface area contributed by atoms with Crippen LogP contribution in [-0.2, 0) is 0 Å². The number of phenolic OH excluding ortho intramolecular Hbond substituents is 1. The molecule has 164 valence electrons. The molecule has 2 heterocycles. The van der Waals surface area contributed by atoms with Gasteiger partial charge in [-0.3, -0.25) is 0 Å². The predicted octanol–water partition coefficient (Wildman–Crippen LogP) is 6.87. The van der Waals surface area contributed by atoms with E-state index in [4.69, 9.17) is 21.0 Å². The lowest BCUT2D eigenvalue weighted by molar-refractivity contribution is 0.475. The third-order valence-electron chi connectivity index (χ3n) is 5.27. The largest absolute Gasteiger partial charge is 0.508 e. The first kappa shape index (κ1) is 22.5. The second kappa shape index (κ2) is 10.3. The van der Waals surface area contributed by atoms with Gasteiger partial charge in [0.1, 0.15) is 11.3 Å². The minimum absolute atomic E-state index is 0.245. The molecule has 0 spiro atoms. The van der Waals surface area contributed by atoms with Crippen LogP contribution in [0, 0.1) is 0 Å².